The van der Waals surface area contributed by atoms with Crippen molar-refractivity contribution in [3.8, 4) is 11.8 Å². The summed E-state index contributed by atoms with van der Waals surface area (Å²) in [7, 11) is 0. The van der Waals surface area contributed by atoms with E-state index in [2.05, 4.69) is 11.8 Å². The molecule has 0 heteroatoms. The van der Waals surface area contributed by atoms with Crippen LogP contribution in [0.1, 0.15) is 50.0 Å². The van der Waals surface area contributed by atoms with Gasteiger partial charge in [-0.15, -0.1) is 11.8 Å². The molecular formula is C11H26. The van der Waals surface area contributed by atoms with Crippen LogP contribution in [0.2, 0.25) is 0 Å². The molecule has 0 fully saturated rings. The van der Waals surface area contributed by atoms with Gasteiger partial charge in [0.15, 0.2) is 0 Å². The van der Waals surface area contributed by atoms with E-state index in [0.29, 0.717) is 0 Å². The summed E-state index contributed by atoms with van der Waals surface area (Å²) in [6, 6.07) is 0. The first kappa shape index (κ1) is 31.7. The van der Waals surface area contributed by atoms with Crippen LogP contribution >= 0.6 is 0 Å². The second-order valence-electron chi connectivity index (χ2n) is 1.17. The van der Waals surface area contributed by atoms with Gasteiger partial charge < -0.3 is 0 Å². The van der Waals surface area contributed by atoms with E-state index in [1.54, 1.807) is 0 Å². The molecule has 11 heavy (non-hydrogen) atoms. The zero-order valence-electron chi connectivity index (χ0n) is 6.15. The lowest BCUT2D eigenvalue weighted by Gasteiger charge is -1.49. The minimum absolute atomic E-state index is 0. The van der Waals surface area contributed by atoms with Gasteiger partial charge in [-0.05, 0) is 27.7 Å². The Morgan fingerprint density at radius 1 is 0.727 bits per heavy atom. The maximum absolute atomic E-state index is 2.68. The van der Waals surface area contributed by atoms with Gasteiger partial charge >= 0.3 is 0 Å². The molecule has 0 nitrogen and oxygen atoms in total. The number of hydrogen-bond acceptors (Lipinski definition) is 0. The molecular weight excluding hydrogens is 132 g/mol. The van der Waals surface area contributed by atoms with Crippen LogP contribution in [0.3, 0.4) is 0 Å². The van der Waals surface area contributed by atoms with Gasteiger partial charge in [0.05, 0.1) is 0 Å². The Morgan fingerprint density at radius 2 is 0.909 bits per heavy atom. The van der Waals surface area contributed by atoms with E-state index in [1.807, 2.05) is 39.8 Å². The van der Waals surface area contributed by atoms with Crippen molar-refractivity contribution in [2.24, 2.45) is 0 Å². The standard InChI is InChI=1S/C4H8.C4H6.3CH4/c2*1-3-4-2;;;/h3-4H,1-2H3;1-2H3;3*1H4. The second kappa shape index (κ2) is 58.8. The molecule has 0 aromatic rings. The zero-order valence-corrected chi connectivity index (χ0v) is 6.15. The van der Waals surface area contributed by atoms with Crippen molar-refractivity contribution < 1.29 is 0 Å². The van der Waals surface area contributed by atoms with E-state index in [4.69, 9.17) is 0 Å². The fourth-order valence-electron chi connectivity index (χ4n) is 0. The summed E-state index contributed by atoms with van der Waals surface area (Å²) < 4.78 is 0. The fraction of sp³-hybridized carbons (Fsp3) is 0.636. The van der Waals surface area contributed by atoms with Crippen molar-refractivity contribution in [2.45, 2.75) is 50.0 Å². The minimum atomic E-state index is 0. The Kier molecular flexibility index (Phi) is 170. The van der Waals surface area contributed by atoms with Crippen LogP contribution in [0.25, 0.3) is 0 Å². The Morgan fingerprint density at radius 3 is 0.909 bits per heavy atom. The average molecular weight is 158 g/mol. The van der Waals surface area contributed by atoms with E-state index in [9.17, 15) is 0 Å². The summed E-state index contributed by atoms with van der Waals surface area (Å²) >= 11 is 0. The van der Waals surface area contributed by atoms with Crippen molar-refractivity contribution in [3.05, 3.63) is 12.2 Å². The Balaban J connectivity index is -0.0000000171. The second-order valence-corrected chi connectivity index (χ2v) is 1.17. The van der Waals surface area contributed by atoms with Crippen molar-refractivity contribution in [3.63, 3.8) is 0 Å². The number of hydrogen-bond donors (Lipinski definition) is 0. The van der Waals surface area contributed by atoms with Crippen LogP contribution in [0.4, 0.5) is 0 Å². The molecule has 0 aliphatic heterocycles. The highest BCUT2D eigenvalue weighted by Crippen LogP contribution is 1.57. The van der Waals surface area contributed by atoms with Gasteiger partial charge in [-0.25, -0.2) is 0 Å². The number of allylic oxidation sites excluding steroid dienone is 2. The van der Waals surface area contributed by atoms with Crippen LogP contribution in [-0.4, -0.2) is 0 Å². The van der Waals surface area contributed by atoms with Crippen LogP contribution in [0, 0.1) is 11.8 Å². The van der Waals surface area contributed by atoms with Gasteiger partial charge in [-0.2, -0.15) is 0 Å². The quantitative estimate of drug-likeness (QED) is 0.359. The first-order chi connectivity index (χ1) is 3.83. The molecule has 0 aliphatic carbocycles. The third-order valence-corrected chi connectivity index (χ3v) is 0.583. The molecule has 0 unspecified atom stereocenters. The molecule has 70 valence electrons. The molecule has 0 radical (unpaired) electrons. The molecule has 0 atom stereocenters. The van der Waals surface area contributed by atoms with Gasteiger partial charge in [0.25, 0.3) is 0 Å². The van der Waals surface area contributed by atoms with Gasteiger partial charge in [-0.3, -0.25) is 0 Å². The van der Waals surface area contributed by atoms with Crippen molar-refractivity contribution in [1.82, 2.24) is 0 Å². The molecule has 0 bridgehead atoms. The minimum Gasteiger partial charge on any atom is -0.107 e. The maximum Gasteiger partial charge on any atom is -0.00271 e. The summed E-state index contributed by atoms with van der Waals surface area (Å²) in [5.74, 6) is 5.36. The Hall–Kier alpha value is -0.700. The van der Waals surface area contributed by atoms with Crippen LogP contribution < -0.4 is 0 Å². The molecule has 0 rings (SSSR count). The zero-order chi connectivity index (χ0) is 6.83. The largest absolute Gasteiger partial charge is 0.107 e. The number of rotatable bonds is 0. The first-order valence-corrected chi connectivity index (χ1v) is 2.74. The smallest absolute Gasteiger partial charge is 0.00271 e. The van der Waals surface area contributed by atoms with E-state index >= 15 is 0 Å². The average Bonchev–Trinajstić information content (AvgIpc) is 1.88. The van der Waals surface area contributed by atoms with E-state index in [1.165, 1.54) is 0 Å². The van der Waals surface area contributed by atoms with Crippen LogP contribution in [0.5, 0.6) is 0 Å². The van der Waals surface area contributed by atoms with Crippen LogP contribution in [0.15, 0.2) is 12.2 Å². The lowest BCUT2D eigenvalue weighted by molar-refractivity contribution is 1.64. The SMILES string of the molecule is C.C.C.CC#CC.CC=CC. The van der Waals surface area contributed by atoms with Crippen LogP contribution in [-0.2, 0) is 0 Å². The van der Waals surface area contributed by atoms with Gasteiger partial charge in [0.1, 0.15) is 0 Å². The molecule has 0 aromatic carbocycles. The first-order valence-electron chi connectivity index (χ1n) is 2.74. The molecule has 0 aliphatic rings. The van der Waals surface area contributed by atoms with Gasteiger partial charge in [-0.1, -0.05) is 34.4 Å². The predicted octanol–water partition coefficient (Wildman–Crippen LogP) is 4.52. The molecule has 0 spiro atoms. The van der Waals surface area contributed by atoms with E-state index < -0.39 is 0 Å². The summed E-state index contributed by atoms with van der Waals surface area (Å²) in [5.41, 5.74) is 0. The Labute approximate surface area is 74.7 Å². The third-order valence-electron chi connectivity index (χ3n) is 0.583. The Bertz CT molecular complexity index is 78.3. The fourth-order valence-corrected chi connectivity index (χ4v) is 0. The predicted molar refractivity (Wildman–Crippen MR) is 59.8 cm³/mol. The van der Waals surface area contributed by atoms with Crippen molar-refractivity contribution >= 4 is 0 Å². The topological polar surface area (TPSA) is 0 Å². The summed E-state index contributed by atoms with van der Waals surface area (Å²) in [5, 5.41) is 0. The third kappa shape index (κ3) is 293. The highest BCUT2D eigenvalue weighted by Gasteiger charge is 1.34. The van der Waals surface area contributed by atoms with Crippen molar-refractivity contribution in [2.75, 3.05) is 0 Å². The molecule has 0 saturated carbocycles. The van der Waals surface area contributed by atoms with E-state index in [0.717, 1.165) is 0 Å². The molecule has 0 N–H and O–H groups in total. The monoisotopic (exact) mass is 158 g/mol. The summed E-state index contributed by atoms with van der Waals surface area (Å²) in [6.07, 6.45) is 4.00. The highest BCUT2D eigenvalue weighted by molar-refractivity contribution is 4.89. The molecule has 0 heterocycles. The van der Waals surface area contributed by atoms with Crippen molar-refractivity contribution in [1.29, 1.82) is 0 Å². The lowest BCUT2D eigenvalue weighted by Crippen LogP contribution is -1.28. The molecule has 0 saturated heterocycles. The maximum atomic E-state index is 2.68. The summed E-state index contributed by atoms with van der Waals surface area (Å²) in [4.78, 5) is 0. The molecule has 0 amide bonds. The normalized spacial score (nSPS) is 4.73. The van der Waals surface area contributed by atoms with Gasteiger partial charge in [0, 0.05) is 0 Å². The lowest BCUT2D eigenvalue weighted by atomic mass is 10.6. The molecule has 0 aromatic heterocycles. The summed E-state index contributed by atoms with van der Waals surface area (Å²) in [6.45, 7) is 7.64. The highest BCUT2D eigenvalue weighted by atomic mass is 13.4. The van der Waals surface area contributed by atoms with E-state index in [-0.39, 0.29) is 22.3 Å². The van der Waals surface area contributed by atoms with Gasteiger partial charge in [0.2, 0.25) is 0 Å².